The third-order valence-corrected chi connectivity index (χ3v) is 6.13. The fourth-order valence-corrected chi connectivity index (χ4v) is 4.31. The minimum atomic E-state index is -1.05. The number of rotatable bonds is 4. The largest absolute Gasteiger partial charge is 0.480 e. The average Bonchev–Trinajstić information content (AvgIpc) is 3.27. The highest BCUT2D eigenvalue weighted by molar-refractivity contribution is 5.98. The number of carboxylic acid groups (broad SMARTS) is 1. The van der Waals surface area contributed by atoms with Crippen LogP contribution in [0.1, 0.15) is 36.0 Å². The van der Waals surface area contributed by atoms with Gasteiger partial charge in [-0.05, 0) is 38.4 Å². The van der Waals surface area contributed by atoms with Crippen LogP contribution in [0.25, 0.3) is 0 Å². The van der Waals surface area contributed by atoms with Gasteiger partial charge in [-0.2, -0.15) is 0 Å². The zero-order valence-corrected chi connectivity index (χ0v) is 18.6. The van der Waals surface area contributed by atoms with Crippen molar-refractivity contribution in [3.8, 4) is 0 Å². The standard InChI is InChI=1S/C23H32N4O5/c1-24-14-10-20(28)26(17-21(29)30)12-6-11-25(16-15-24)23(32)19-9-5-13-27(19)22(31)18-7-3-2-4-8-18/h2-4,7-8,19H,5-6,9-17H2,1H3,(H,29,30)/t19-/m1/s1. The smallest absolute Gasteiger partial charge is 0.323 e. The topological polar surface area (TPSA) is 101 Å². The lowest BCUT2D eigenvalue weighted by molar-refractivity contribution is -0.144. The molecule has 1 aromatic carbocycles. The summed E-state index contributed by atoms with van der Waals surface area (Å²) in [6.45, 7) is 2.54. The first-order valence-electron chi connectivity index (χ1n) is 11.2. The Labute approximate surface area is 188 Å². The van der Waals surface area contributed by atoms with Gasteiger partial charge in [0.1, 0.15) is 12.6 Å². The molecule has 0 saturated carbocycles. The molecule has 1 N–H and O–H groups in total. The molecule has 0 radical (unpaired) electrons. The number of likely N-dealkylation sites (tertiary alicyclic amines) is 1. The second-order valence-electron chi connectivity index (χ2n) is 8.46. The first-order chi connectivity index (χ1) is 15.4. The van der Waals surface area contributed by atoms with E-state index < -0.39 is 12.0 Å². The van der Waals surface area contributed by atoms with Gasteiger partial charge in [0.2, 0.25) is 11.8 Å². The maximum atomic E-state index is 13.5. The van der Waals surface area contributed by atoms with Crippen molar-refractivity contribution in [3.63, 3.8) is 0 Å². The van der Waals surface area contributed by atoms with Crippen LogP contribution in [-0.2, 0) is 14.4 Å². The van der Waals surface area contributed by atoms with Crippen molar-refractivity contribution in [3.05, 3.63) is 35.9 Å². The number of likely N-dealkylation sites (N-methyl/N-ethyl adjacent to an activating group) is 1. The van der Waals surface area contributed by atoms with Crippen molar-refractivity contribution in [1.29, 1.82) is 0 Å². The van der Waals surface area contributed by atoms with Crippen LogP contribution in [0.3, 0.4) is 0 Å². The van der Waals surface area contributed by atoms with Gasteiger partial charge in [0.25, 0.3) is 5.91 Å². The van der Waals surface area contributed by atoms with Crippen molar-refractivity contribution in [1.82, 2.24) is 19.6 Å². The van der Waals surface area contributed by atoms with E-state index in [2.05, 4.69) is 0 Å². The molecule has 2 saturated heterocycles. The molecule has 2 aliphatic rings. The van der Waals surface area contributed by atoms with Crippen molar-refractivity contribution < 1.29 is 24.3 Å². The molecular weight excluding hydrogens is 412 g/mol. The Kier molecular flexibility index (Phi) is 8.21. The van der Waals surface area contributed by atoms with Gasteiger partial charge in [-0.3, -0.25) is 19.2 Å². The molecule has 9 nitrogen and oxygen atoms in total. The van der Waals surface area contributed by atoms with E-state index in [0.717, 1.165) is 6.42 Å². The van der Waals surface area contributed by atoms with Crippen LogP contribution in [0, 0.1) is 0 Å². The Bertz CT molecular complexity index is 831. The third-order valence-electron chi connectivity index (χ3n) is 6.13. The fraction of sp³-hybridized carbons (Fsp3) is 0.565. The lowest BCUT2D eigenvalue weighted by atomic mass is 10.1. The summed E-state index contributed by atoms with van der Waals surface area (Å²) in [5.74, 6) is -1.44. The lowest BCUT2D eigenvalue weighted by Crippen LogP contribution is -2.49. The number of hydrogen-bond donors (Lipinski definition) is 1. The van der Waals surface area contributed by atoms with Gasteiger partial charge in [0, 0.05) is 51.3 Å². The van der Waals surface area contributed by atoms with Crippen LogP contribution < -0.4 is 0 Å². The number of carboxylic acids is 1. The monoisotopic (exact) mass is 444 g/mol. The Morgan fingerprint density at radius 2 is 1.72 bits per heavy atom. The van der Waals surface area contributed by atoms with Crippen LogP contribution in [0.2, 0.25) is 0 Å². The van der Waals surface area contributed by atoms with E-state index in [1.165, 1.54) is 4.90 Å². The number of carbonyl (C=O) groups excluding carboxylic acids is 3. The quantitative estimate of drug-likeness (QED) is 0.736. The van der Waals surface area contributed by atoms with Crippen LogP contribution in [0.15, 0.2) is 30.3 Å². The van der Waals surface area contributed by atoms with Crippen LogP contribution in [0.5, 0.6) is 0 Å². The molecule has 2 aliphatic heterocycles. The van der Waals surface area contributed by atoms with E-state index in [-0.39, 0.29) is 37.2 Å². The minimum Gasteiger partial charge on any atom is -0.480 e. The number of nitrogens with zero attached hydrogens (tertiary/aromatic N) is 4. The van der Waals surface area contributed by atoms with Gasteiger partial charge >= 0.3 is 5.97 Å². The second-order valence-corrected chi connectivity index (χ2v) is 8.46. The summed E-state index contributed by atoms with van der Waals surface area (Å²) >= 11 is 0. The third kappa shape index (κ3) is 6.06. The molecule has 0 aliphatic carbocycles. The molecule has 174 valence electrons. The predicted molar refractivity (Wildman–Crippen MR) is 118 cm³/mol. The van der Waals surface area contributed by atoms with Crippen LogP contribution >= 0.6 is 0 Å². The molecule has 0 spiro atoms. The van der Waals surface area contributed by atoms with E-state index in [9.17, 15) is 19.2 Å². The van der Waals surface area contributed by atoms with E-state index in [1.54, 1.807) is 21.9 Å². The van der Waals surface area contributed by atoms with Crippen LogP contribution in [0.4, 0.5) is 0 Å². The highest BCUT2D eigenvalue weighted by Crippen LogP contribution is 2.22. The molecule has 2 fully saturated rings. The minimum absolute atomic E-state index is 0.0736. The lowest BCUT2D eigenvalue weighted by Gasteiger charge is -2.31. The number of benzene rings is 1. The predicted octanol–water partition coefficient (Wildman–Crippen LogP) is 0.759. The maximum Gasteiger partial charge on any atom is 0.323 e. The summed E-state index contributed by atoms with van der Waals surface area (Å²) in [5, 5.41) is 9.13. The summed E-state index contributed by atoms with van der Waals surface area (Å²) in [7, 11) is 1.89. The first-order valence-corrected chi connectivity index (χ1v) is 11.2. The number of carbonyl (C=O) groups is 4. The van der Waals surface area contributed by atoms with Crippen LogP contribution in [-0.4, -0.2) is 107 Å². The molecule has 9 heteroatoms. The van der Waals surface area contributed by atoms with Crippen molar-refractivity contribution in [2.24, 2.45) is 0 Å². The molecule has 0 aromatic heterocycles. The normalized spacial score (nSPS) is 21.3. The van der Waals surface area contributed by atoms with Crippen molar-refractivity contribution >= 4 is 23.7 Å². The van der Waals surface area contributed by atoms with Crippen molar-refractivity contribution in [2.45, 2.75) is 31.7 Å². The summed E-state index contributed by atoms with van der Waals surface area (Å²) in [5.41, 5.74) is 0.576. The number of aliphatic carboxylic acids is 1. The van der Waals surface area contributed by atoms with E-state index in [1.807, 2.05) is 30.1 Å². The van der Waals surface area contributed by atoms with Gasteiger partial charge < -0.3 is 24.7 Å². The Morgan fingerprint density at radius 3 is 2.44 bits per heavy atom. The molecular formula is C23H32N4O5. The molecule has 32 heavy (non-hydrogen) atoms. The zero-order chi connectivity index (χ0) is 23.1. The maximum absolute atomic E-state index is 13.5. The van der Waals surface area contributed by atoms with Gasteiger partial charge in [-0.15, -0.1) is 0 Å². The van der Waals surface area contributed by atoms with Gasteiger partial charge in [0.05, 0.1) is 0 Å². The van der Waals surface area contributed by atoms with E-state index >= 15 is 0 Å². The first kappa shape index (κ1) is 23.7. The van der Waals surface area contributed by atoms with E-state index in [4.69, 9.17) is 5.11 Å². The Balaban J connectivity index is 1.71. The Morgan fingerprint density at radius 1 is 0.969 bits per heavy atom. The SMILES string of the molecule is CN1CCC(=O)N(CC(=O)O)CCCN(C(=O)[C@H]2CCCN2C(=O)c2ccccc2)CC1. The Hall–Kier alpha value is -2.94. The highest BCUT2D eigenvalue weighted by atomic mass is 16.4. The number of amides is 3. The zero-order valence-electron chi connectivity index (χ0n) is 18.6. The van der Waals surface area contributed by atoms with Crippen molar-refractivity contribution in [2.75, 3.05) is 52.9 Å². The van der Waals surface area contributed by atoms with Gasteiger partial charge in [-0.1, -0.05) is 18.2 Å². The van der Waals surface area contributed by atoms with E-state index in [0.29, 0.717) is 51.1 Å². The molecule has 3 amide bonds. The van der Waals surface area contributed by atoms with Gasteiger partial charge in [-0.25, -0.2) is 0 Å². The molecule has 0 unspecified atom stereocenters. The molecule has 1 atom stereocenters. The molecule has 2 heterocycles. The second kappa shape index (κ2) is 11.1. The molecule has 1 aromatic rings. The highest BCUT2D eigenvalue weighted by Gasteiger charge is 2.37. The molecule has 3 rings (SSSR count). The average molecular weight is 445 g/mol. The summed E-state index contributed by atoms with van der Waals surface area (Å²) in [6.07, 6.45) is 2.16. The number of hydrogen-bond acceptors (Lipinski definition) is 5. The fourth-order valence-electron chi connectivity index (χ4n) is 4.31. The summed E-state index contributed by atoms with van der Waals surface area (Å²) in [6, 6.07) is 8.51. The summed E-state index contributed by atoms with van der Waals surface area (Å²) < 4.78 is 0. The summed E-state index contributed by atoms with van der Waals surface area (Å²) in [4.78, 5) is 56.8. The van der Waals surface area contributed by atoms with Gasteiger partial charge in [0.15, 0.2) is 0 Å². The molecule has 0 bridgehead atoms.